The Morgan fingerprint density at radius 1 is 0.333 bits per heavy atom. The zero-order valence-corrected chi connectivity index (χ0v) is 60.0. The van der Waals surface area contributed by atoms with Gasteiger partial charge in [-0.3, -0.25) is 49.5 Å². The van der Waals surface area contributed by atoms with E-state index in [9.17, 15) is 24.3 Å². The van der Waals surface area contributed by atoms with Gasteiger partial charge in [0, 0.05) is 88.8 Å². The summed E-state index contributed by atoms with van der Waals surface area (Å²) in [5.41, 5.74) is 18.5. The van der Waals surface area contributed by atoms with Gasteiger partial charge in [0.15, 0.2) is 0 Å². The number of carbonyl (C=O) groups excluding carboxylic acids is 3. The maximum Gasteiger partial charge on any atom is 1.00 e. The molecule has 18 rings (SSSR count). The van der Waals surface area contributed by atoms with Crippen molar-refractivity contribution >= 4 is 90.6 Å². The Morgan fingerprint density at radius 2 is 0.620 bits per heavy atom. The number of carboxylic acid groups (broad SMARTS) is 2. The topological polar surface area (TPSA) is 287 Å². The summed E-state index contributed by atoms with van der Waals surface area (Å²) in [6, 6.07) is 85.7. The van der Waals surface area contributed by atoms with E-state index in [4.69, 9.17) is 5.11 Å². The predicted molar refractivity (Wildman–Crippen MR) is 405 cm³/mol. The number of pyridine rings is 8. The van der Waals surface area contributed by atoms with Gasteiger partial charge in [0.05, 0.1) is 56.4 Å². The van der Waals surface area contributed by atoms with Gasteiger partial charge in [-0.05, 0) is 127 Å². The van der Waals surface area contributed by atoms with Crippen LogP contribution in [0, 0.1) is 0 Å². The molecule has 2 radical (unpaired) electrons. The fraction of sp³-hybridized carbons (Fsp3) is 0. The Hall–Kier alpha value is -13.9. The molecule has 20 nitrogen and oxygen atoms in total. The molecule has 0 spiro atoms. The summed E-state index contributed by atoms with van der Waals surface area (Å²) in [6.45, 7) is 0.602. The Balaban J connectivity index is 0.000000127. The molecule has 0 aliphatic heterocycles. The molecule has 0 bridgehead atoms. The molecular weight excluding hydrogens is 1530 g/mol. The van der Waals surface area contributed by atoms with Crippen LogP contribution in [0.25, 0.3) is 145 Å². The molecule has 1 N–H and O–H groups in total. The summed E-state index contributed by atoms with van der Waals surface area (Å²) in [5.74, 6) is -0.536. The number of carboxylic acids is 2. The average molecular weight is 1590 g/mol. The Bertz CT molecular complexity index is 5560. The molecule has 524 valence electrons. The summed E-state index contributed by atoms with van der Waals surface area (Å²) in [5, 5.41) is 24.1. The first-order chi connectivity index (χ1) is 52.1. The second-order valence-electron chi connectivity index (χ2n) is 23.3. The van der Waals surface area contributed by atoms with E-state index in [1.807, 2.05) is 97.6 Å². The van der Waals surface area contributed by atoms with Crippen LogP contribution in [0.15, 0.2) is 316 Å². The van der Waals surface area contributed by atoms with Gasteiger partial charge in [-0.25, -0.2) is 4.79 Å². The van der Waals surface area contributed by atoms with E-state index in [1.54, 1.807) is 0 Å². The molecule has 108 heavy (non-hydrogen) atoms. The van der Waals surface area contributed by atoms with Crippen LogP contribution in [0.2, 0.25) is 0 Å². The number of carbonyl (C=O) groups is 4. The maximum absolute atomic E-state index is 10.8. The summed E-state index contributed by atoms with van der Waals surface area (Å²) in [4.78, 5) is 94.5. The van der Waals surface area contributed by atoms with Crippen LogP contribution < -0.4 is 24.5 Å². The molecule has 0 atom stereocenters. The first-order valence-corrected chi connectivity index (χ1v) is 33.0. The zero-order chi connectivity index (χ0) is 72.6. The number of hydrogen-bond acceptors (Lipinski definition) is 17. The van der Waals surface area contributed by atoms with E-state index in [2.05, 4.69) is 215 Å². The van der Waals surface area contributed by atoms with Crippen molar-refractivity contribution in [3.8, 4) is 90.4 Å². The predicted octanol–water partition coefficient (Wildman–Crippen LogP) is 16.0. The average Bonchev–Trinajstić information content (AvgIpc) is 0.966. The summed E-state index contributed by atoms with van der Waals surface area (Å²) >= 11 is 0. The van der Waals surface area contributed by atoms with Crippen molar-refractivity contribution in [1.29, 1.82) is 0 Å². The largest absolute Gasteiger partial charge is 1.00 e. The number of para-hydroxylation sites is 4. The van der Waals surface area contributed by atoms with Crippen molar-refractivity contribution in [3.05, 3.63) is 328 Å². The van der Waals surface area contributed by atoms with Gasteiger partial charge in [-0.1, -0.05) is 206 Å². The SMILES string of the molecule is O=COc1ccnc(-c2cc(C(=O)O)ccn2)c1.O=COc1ccnc(-c2cc(C(=O)[O-])ccn2)c1.[Ru+].[Ru+].c1ccc(-c2ccnc3c2ccc2c(-c4ccccc4)ccnc23)cc1.c1ccc(-c2ccnc3c2ccc2c(-c4ccccc4)ccnc23)cc1.c1ccc2[n-]c(-c3nc4ccccc4[n-]3)nc2c1. The smallest absolute Gasteiger partial charge is 0.545 e. The maximum atomic E-state index is 10.8. The van der Waals surface area contributed by atoms with E-state index in [-0.39, 0.29) is 50.1 Å². The van der Waals surface area contributed by atoms with Crippen LogP contribution in [0.3, 0.4) is 0 Å². The van der Waals surface area contributed by atoms with Crippen LogP contribution in [-0.4, -0.2) is 79.8 Å². The van der Waals surface area contributed by atoms with E-state index in [0.717, 1.165) is 65.7 Å². The molecule has 0 saturated carbocycles. The fourth-order valence-electron chi connectivity index (χ4n) is 11.9. The molecule has 0 saturated heterocycles. The molecule has 18 aromatic rings. The standard InChI is InChI=1S/2C24H16N2.C14H8N4.2C12H8N2O4.2Ru/c2*1-3-7-17(8-4-1)19-13-15-25-23-21(19)11-12-22-20(14-16-26-24(22)23)18-9-5-2-6-10-18;1-2-6-10-9(5-1)15-13(16-10)14-17-11-7-3-4-8-12(11)18-14;2*15-7-18-9-2-4-14-11(6-9)10-5-8(12(16)17)1-3-13-10;;/h2*1-16H;1-8H;2*1-7H,(H,16,17);;/q;;-2;;;2*+1/p-1. The summed E-state index contributed by atoms with van der Waals surface area (Å²) in [6.07, 6.45) is 13.1. The van der Waals surface area contributed by atoms with Crippen LogP contribution in [0.5, 0.6) is 11.5 Å². The molecule has 0 unspecified atom stereocenters. The Labute approximate surface area is 641 Å². The third-order valence-electron chi connectivity index (χ3n) is 16.8. The number of ether oxygens (including phenoxy) is 2. The third kappa shape index (κ3) is 17.0. The summed E-state index contributed by atoms with van der Waals surface area (Å²) in [7, 11) is 0. The van der Waals surface area contributed by atoms with Gasteiger partial charge in [-0.2, -0.15) is 0 Å². The molecule has 0 aliphatic carbocycles. The molecule has 8 aromatic carbocycles. The summed E-state index contributed by atoms with van der Waals surface area (Å²) < 4.78 is 9.35. The van der Waals surface area contributed by atoms with E-state index < -0.39 is 11.9 Å². The Morgan fingerprint density at radius 3 is 0.935 bits per heavy atom. The van der Waals surface area contributed by atoms with Gasteiger partial charge >= 0.3 is 44.9 Å². The van der Waals surface area contributed by atoms with Crippen molar-refractivity contribution < 1.29 is 77.8 Å². The monoisotopic (exact) mass is 1590 g/mol. The molecule has 10 aromatic heterocycles. The number of hydrogen-bond donors (Lipinski definition) is 1. The quantitative estimate of drug-likeness (QED) is 0.0637. The minimum atomic E-state index is -1.29. The van der Waals surface area contributed by atoms with E-state index >= 15 is 0 Å². The van der Waals surface area contributed by atoms with Gasteiger partial charge in [0.2, 0.25) is 0 Å². The number of nitrogens with zero attached hydrogens (tertiary/aromatic N) is 12. The Kier molecular flexibility index (Phi) is 23.9. The van der Waals surface area contributed by atoms with Crippen LogP contribution in [0.1, 0.15) is 20.7 Å². The van der Waals surface area contributed by atoms with Gasteiger partial charge in [-0.15, -0.1) is 0 Å². The molecule has 0 aliphatic rings. The minimum absolute atomic E-state index is 0. The number of aromatic carboxylic acids is 2. The van der Waals surface area contributed by atoms with Gasteiger partial charge in [0.1, 0.15) is 11.5 Å². The third-order valence-corrected chi connectivity index (χ3v) is 16.8. The molecule has 0 fully saturated rings. The van der Waals surface area contributed by atoms with Crippen molar-refractivity contribution in [3.63, 3.8) is 0 Å². The second kappa shape index (κ2) is 35.0. The van der Waals surface area contributed by atoms with Crippen molar-refractivity contribution in [2.75, 3.05) is 0 Å². The van der Waals surface area contributed by atoms with Gasteiger partial charge in [0.25, 0.3) is 12.9 Å². The van der Waals surface area contributed by atoms with Crippen molar-refractivity contribution in [2.45, 2.75) is 0 Å². The number of benzene rings is 8. The molecule has 0 amide bonds. The van der Waals surface area contributed by atoms with Crippen molar-refractivity contribution in [2.24, 2.45) is 0 Å². The molecule has 22 heteroatoms. The number of imidazole rings is 2. The second-order valence-corrected chi connectivity index (χ2v) is 23.3. The van der Waals surface area contributed by atoms with E-state index in [1.165, 1.54) is 118 Å². The van der Waals surface area contributed by atoms with E-state index in [0.29, 0.717) is 58.9 Å². The minimum Gasteiger partial charge on any atom is -0.545 e. The first-order valence-electron chi connectivity index (χ1n) is 33.0. The van der Waals surface area contributed by atoms with Crippen molar-refractivity contribution in [1.82, 2.24) is 59.8 Å². The molecular formula is C86H55N12O8Ru2-. The van der Waals surface area contributed by atoms with Gasteiger partial charge < -0.3 is 44.4 Å². The van der Waals surface area contributed by atoms with Crippen LogP contribution >= 0.6 is 0 Å². The number of fused-ring (bicyclic) bond motifs is 8. The normalized spacial score (nSPS) is 10.5. The zero-order valence-electron chi connectivity index (χ0n) is 56.6. The van der Waals surface area contributed by atoms with Crippen LogP contribution in [0.4, 0.5) is 0 Å². The number of aromatic nitrogens is 12. The molecule has 10 heterocycles. The van der Waals surface area contributed by atoms with Crippen LogP contribution in [-0.2, 0) is 48.5 Å². The first kappa shape index (κ1) is 73.8. The number of rotatable bonds is 13. The fourth-order valence-corrected chi connectivity index (χ4v) is 11.9.